The summed E-state index contributed by atoms with van der Waals surface area (Å²) in [6.07, 6.45) is 1.26. The van der Waals surface area contributed by atoms with Crippen molar-refractivity contribution in [3.05, 3.63) is 29.8 Å². The Hall–Kier alpha value is -1.02. The van der Waals surface area contributed by atoms with Gasteiger partial charge in [0.05, 0.1) is 6.61 Å². The van der Waals surface area contributed by atoms with Crippen molar-refractivity contribution in [3.63, 3.8) is 0 Å². The van der Waals surface area contributed by atoms with Gasteiger partial charge in [-0.3, -0.25) is 4.90 Å². The van der Waals surface area contributed by atoms with Crippen LogP contribution in [-0.2, 0) is 0 Å². The van der Waals surface area contributed by atoms with Gasteiger partial charge >= 0.3 is 0 Å². The first-order valence-corrected chi connectivity index (χ1v) is 5.20. The summed E-state index contributed by atoms with van der Waals surface area (Å²) < 4.78 is 5.70. The SMILES string of the molecule is CN1CCC2COc3[c]cccc3C21. The summed E-state index contributed by atoms with van der Waals surface area (Å²) >= 11 is 0. The molecule has 14 heavy (non-hydrogen) atoms. The Morgan fingerprint density at radius 2 is 2.50 bits per heavy atom. The molecule has 1 aromatic carbocycles. The van der Waals surface area contributed by atoms with Crippen molar-refractivity contribution >= 4 is 0 Å². The molecule has 2 aliphatic heterocycles. The summed E-state index contributed by atoms with van der Waals surface area (Å²) in [5.41, 5.74) is 1.32. The predicted octanol–water partition coefficient (Wildman–Crippen LogP) is 1.87. The Bertz CT molecular complexity index is 350. The molecule has 2 heteroatoms. The van der Waals surface area contributed by atoms with Gasteiger partial charge in [0.2, 0.25) is 0 Å². The third-order valence-electron chi connectivity index (χ3n) is 3.38. The average Bonchev–Trinajstić information content (AvgIpc) is 2.61. The smallest absolute Gasteiger partial charge is 0.132 e. The predicted molar refractivity (Wildman–Crippen MR) is 54.3 cm³/mol. The molecule has 3 rings (SSSR count). The molecule has 2 aliphatic rings. The summed E-state index contributed by atoms with van der Waals surface area (Å²) in [6, 6.07) is 9.89. The number of likely N-dealkylation sites (tertiary alicyclic amines) is 1. The Balaban J connectivity index is 2.07. The molecule has 0 aliphatic carbocycles. The van der Waals surface area contributed by atoms with Crippen LogP contribution in [0.5, 0.6) is 5.75 Å². The minimum absolute atomic E-state index is 0.566. The van der Waals surface area contributed by atoms with Gasteiger partial charge in [-0.25, -0.2) is 0 Å². The highest BCUT2D eigenvalue weighted by Gasteiger charge is 2.37. The largest absolute Gasteiger partial charge is 0.492 e. The summed E-state index contributed by atoms with van der Waals surface area (Å²) in [6.45, 7) is 2.05. The maximum absolute atomic E-state index is 5.70. The van der Waals surface area contributed by atoms with E-state index in [2.05, 4.69) is 30.1 Å². The van der Waals surface area contributed by atoms with Gasteiger partial charge in [0.15, 0.2) is 0 Å². The van der Waals surface area contributed by atoms with Gasteiger partial charge in [-0.1, -0.05) is 18.2 Å². The number of nitrogens with zero attached hydrogens (tertiary/aromatic N) is 1. The Morgan fingerprint density at radius 3 is 3.43 bits per heavy atom. The maximum Gasteiger partial charge on any atom is 0.132 e. The minimum atomic E-state index is 0.566. The molecule has 2 atom stereocenters. The fourth-order valence-corrected chi connectivity index (χ4v) is 2.68. The molecule has 0 amide bonds. The lowest BCUT2D eigenvalue weighted by atomic mass is 9.92. The van der Waals surface area contributed by atoms with Gasteiger partial charge in [-0.15, -0.1) is 0 Å². The number of hydrogen-bond donors (Lipinski definition) is 0. The average molecular weight is 188 g/mol. The molecule has 2 nitrogen and oxygen atoms in total. The van der Waals surface area contributed by atoms with Crippen molar-refractivity contribution < 1.29 is 4.74 Å². The molecular formula is C12H14NO. The second-order valence-corrected chi connectivity index (χ2v) is 4.24. The van der Waals surface area contributed by atoms with Crippen LogP contribution in [0.2, 0.25) is 0 Å². The standard InChI is InChI=1S/C12H14NO/c1-13-7-6-9-8-14-11-5-3-2-4-10(11)12(9)13/h2-4,9,12H,6-8H2,1H3. The van der Waals surface area contributed by atoms with Crippen molar-refractivity contribution in [1.29, 1.82) is 0 Å². The molecule has 1 saturated heterocycles. The Labute approximate surface area is 84.5 Å². The monoisotopic (exact) mass is 188 g/mol. The lowest BCUT2D eigenvalue weighted by molar-refractivity contribution is 0.164. The molecule has 0 bridgehead atoms. The molecule has 2 heterocycles. The fourth-order valence-electron chi connectivity index (χ4n) is 2.68. The number of rotatable bonds is 0. The highest BCUT2D eigenvalue weighted by molar-refractivity contribution is 5.37. The van der Waals surface area contributed by atoms with Gasteiger partial charge < -0.3 is 4.74 Å². The van der Waals surface area contributed by atoms with Crippen LogP contribution in [-0.4, -0.2) is 25.1 Å². The van der Waals surface area contributed by atoms with Crippen molar-refractivity contribution in [1.82, 2.24) is 4.90 Å². The molecule has 2 unspecified atom stereocenters. The van der Waals surface area contributed by atoms with Gasteiger partial charge in [-0.2, -0.15) is 0 Å². The van der Waals surface area contributed by atoms with Crippen molar-refractivity contribution in [2.45, 2.75) is 12.5 Å². The molecule has 0 N–H and O–H groups in total. The summed E-state index contributed by atoms with van der Waals surface area (Å²) in [5, 5.41) is 0. The second kappa shape index (κ2) is 2.99. The molecule has 1 fully saturated rings. The number of ether oxygens (including phenoxy) is 1. The van der Waals surface area contributed by atoms with Gasteiger partial charge in [-0.05, 0) is 20.0 Å². The topological polar surface area (TPSA) is 12.5 Å². The Kier molecular flexibility index (Phi) is 1.77. The van der Waals surface area contributed by atoms with Crippen LogP contribution in [0.4, 0.5) is 0 Å². The van der Waals surface area contributed by atoms with Crippen LogP contribution in [0.1, 0.15) is 18.0 Å². The van der Waals surface area contributed by atoms with Crippen LogP contribution in [0, 0.1) is 12.0 Å². The number of fused-ring (bicyclic) bond motifs is 3. The molecule has 0 spiro atoms. The fraction of sp³-hybridized carbons (Fsp3) is 0.500. The lowest BCUT2D eigenvalue weighted by Gasteiger charge is -2.31. The van der Waals surface area contributed by atoms with E-state index in [4.69, 9.17) is 4.74 Å². The van der Waals surface area contributed by atoms with Gasteiger partial charge in [0, 0.05) is 23.6 Å². The molecule has 1 radical (unpaired) electrons. The quantitative estimate of drug-likeness (QED) is 0.616. The normalized spacial score (nSPS) is 30.6. The summed E-state index contributed by atoms with van der Waals surface area (Å²) in [4.78, 5) is 2.43. The van der Waals surface area contributed by atoms with E-state index in [9.17, 15) is 0 Å². The second-order valence-electron chi connectivity index (χ2n) is 4.24. The summed E-state index contributed by atoms with van der Waals surface area (Å²) in [7, 11) is 2.20. The van der Waals surface area contributed by atoms with Crippen LogP contribution in [0.3, 0.4) is 0 Å². The highest BCUT2D eigenvalue weighted by Crippen LogP contribution is 2.43. The van der Waals surface area contributed by atoms with Crippen LogP contribution in [0.25, 0.3) is 0 Å². The van der Waals surface area contributed by atoms with E-state index in [1.165, 1.54) is 18.5 Å². The summed E-state index contributed by atoms with van der Waals surface area (Å²) in [5.74, 6) is 1.64. The third kappa shape index (κ3) is 1.07. The van der Waals surface area contributed by atoms with E-state index in [1.807, 2.05) is 6.07 Å². The minimum Gasteiger partial charge on any atom is -0.492 e. The van der Waals surface area contributed by atoms with Crippen molar-refractivity contribution in [3.8, 4) is 5.75 Å². The molecule has 0 saturated carbocycles. The zero-order valence-electron chi connectivity index (χ0n) is 8.36. The lowest BCUT2D eigenvalue weighted by Crippen LogP contribution is -2.28. The van der Waals surface area contributed by atoms with E-state index in [1.54, 1.807) is 0 Å². The van der Waals surface area contributed by atoms with E-state index in [0.717, 1.165) is 12.4 Å². The first-order chi connectivity index (χ1) is 6.86. The first-order valence-electron chi connectivity index (χ1n) is 5.20. The van der Waals surface area contributed by atoms with Crippen molar-refractivity contribution in [2.24, 2.45) is 5.92 Å². The van der Waals surface area contributed by atoms with Crippen LogP contribution >= 0.6 is 0 Å². The van der Waals surface area contributed by atoms with Crippen molar-refractivity contribution in [2.75, 3.05) is 20.2 Å². The Morgan fingerprint density at radius 1 is 1.57 bits per heavy atom. The van der Waals surface area contributed by atoms with E-state index in [-0.39, 0.29) is 0 Å². The van der Waals surface area contributed by atoms with Gasteiger partial charge in [0.1, 0.15) is 5.75 Å². The third-order valence-corrected chi connectivity index (χ3v) is 3.38. The van der Waals surface area contributed by atoms with Crippen LogP contribution in [0.15, 0.2) is 18.2 Å². The number of hydrogen-bond acceptors (Lipinski definition) is 2. The highest BCUT2D eigenvalue weighted by atomic mass is 16.5. The molecule has 0 aromatic heterocycles. The van der Waals surface area contributed by atoms with E-state index >= 15 is 0 Å². The van der Waals surface area contributed by atoms with Crippen LogP contribution < -0.4 is 4.74 Å². The number of para-hydroxylation sites is 1. The first kappa shape index (κ1) is 8.30. The molecule has 73 valence electrons. The zero-order valence-corrected chi connectivity index (χ0v) is 8.36. The van der Waals surface area contributed by atoms with Gasteiger partial charge in [0.25, 0.3) is 0 Å². The molecule has 1 aromatic rings. The number of benzene rings is 1. The van der Waals surface area contributed by atoms with E-state index < -0.39 is 0 Å². The van der Waals surface area contributed by atoms with E-state index in [0.29, 0.717) is 12.0 Å². The maximum atomic E-state index is 5.70. The zero-order chi connectivity index (χ0) is 9.54. The molecular weight excluding hydrogens is 174 g/mol.